The first-order valence-corrected chi connectivity index (χ1v) is 5.81. The third kappa shape index (κ3) is 6.54. The molecule has 0 amide bonds. The first-order chi connectivity index (χ1) is 8.02. The highest BCUT2D eigenvalue weighted by molar-refractivity contribution is 4.47. The quantitative estimate of drug-likeness (QED) is 0.330. The lowest BCUT2D eigenvalue weighted by Gasteiger charge is -2.19. The van der Waals surface area contributed by atoms with Gasteiger partial charge in [0.15, 0.2) is 10.1 Å². The maximum absolute atomic E-state index is 10.7. The van der Waals surface area contributed by atoms with Crippen LogP contribution in [0.3, 0.4) is 0 Å². The summed E-state index contributed by atoms with van der Waals surface area (Å²) in [5.41, 5.74) is 0. The van der Waals surface area contributed by atoms with Crippen molar-refractivity contribution in [3.05, 3.63) is 20.2 Å². The van der Waals surface area contributed by atoms with Crippen molar-refractivity contribution in [2.24, 2.45) is 0 Å². The van der Waals surface area contributed by atoms with E-state index in [1.54, 1.807) is 0 Å². The van der Waals surface area contributed by atoms with Gasteiger partial charge in [0, 0.05) is 0 Å². The van der Waals surface area contributed by atoms with E-state index < -0.39 is 10.1 Å². The van der Waals surface area contributed by atoms with Gasteiger partial charge in [0.25, 0.3) is 0 Å². The van der Waals surface area contributed by atoms with Crippen molar-refractivity contribution in [1.82, 2.24) is 10.0 Å². The first-order valence-electron chi connectivity index (χ1n) is 5.81. The van der Waals surface area contributed by atoms with Crippen LogP contribution in [0.4, 0.5) is 0 Å². The SMILES string of the molecule is CCCCN(CN(CCCC)[N+](=O)[O-])[N+](=O)[O-]. The normalized spacial score (nSPS) is 10.0. The molecule has 8 nitrogen and oxygen atoms in total. The number of hydrogen-bond donors (Lipinski definition) is 0. The Hall–Kier alpha value is -1.60. The second-order valence-electron chi connectivity index (χ2n) is 3.78. The predicted molar refractivity (Wildman–Crippen MR) is 62.1 cm³/mol. The zero-order valence-corrected chi connectivity index (χ0v) is 10.4. The van der Waals surface area contributed by atoms with Crippen LogP contribution >= 0.6 is 0 Å². The van der Waals surface area contributed by atoms with Gasteiger partial charge in [-0.2, -0.15) is 0 Å². The Morgan fingerprint density at radius 1 is 0.882 bits per heavy atom. The molecule has 0 spiro atoms. The van der Waals surface area contributed by atoms with Crippen molar-refractivity contribution in [2.75, 3.05) is 19.8 Å². The van der Waals surface area contributed by atoms with Gasteiger partial charge in [-0.3, -0.25) is 0 Å². The summed E-state index contributed by atoms with van der Waals surface area (Å²) in [6.07, 6.45) is 2.94. The topological polar surface area (TPSA) is 92.8 Å². The number of rotatable bonds is 10. The van der Waals surface area contributed by atoms with Gasteiger partial charge in [-0.25, -0.2) is 20.2 Å². The Balaban J connectivity index is 4.34. The second-order valence-corrected chi connectivity index (χ2v) is 3.78. The number of unbranched alkanes of at least 4 members (excludes halogenated alkanes) is 2. The molecule has 0 atom stereocenters. The number of nitrogens with zero attached hydrogens (tertiary/aromatic N) is 4. The molecule has 0 radical (unpaired) electrons. The van der Waals surface area contributed by atoms with Gasteiger partial charge in [0.1, 0.15) is 0 Å². The summed E-state index contributed by atoms with van der Waals surface area (Å²) in [6.45, 7) is 4.04. The zero-order chi connectivity index (χ0) is 13.3. The molecule has 0 heterocycles. The maximum Gasteiger partial charge on any atom is 0.207 e. The van der Waals surface area contributed by atoms with E-state index in [0.717, 1.165) is 22.9 Å². The number of nitro groups is 2. The molecule has 0 aromatic heterocycles. The van der Waals surface area contributed by atoms with Crippen LogP contribution in [0.1, 0.15) is 39.5 Å². The van der Waals surface area contributed by atoms with Crippen molar-refractivity contribution < 1.29 is 10.1 Å². The van der Waals surface area contributed by atoms with Gasteiger partial charge < -0.3 is 0 Å². The van der Waals surface area contributed by atoms with E-state index in [-0.39, 0.29) is 19.8 Å². The summed E-state index contributed by atoms with van der Waals surface area (Å²) >= 11 is 0. The molecule has 0 aromatic rings. The highest BCUT2D eigenvalue weighted by atomic mass is 16.7. The molecule has 0 bridgehead atoms. The lowest BCUT2D eigenvalue weighted by atomic mass is 10.3. The smallest absolute Gasteiger partial charge is 0.207 e. The molecule has 100 valence electrons. The Morgan fingerprint density at radius 2 is 1.24 bits per heavy atom. The minimum Gasteiger partial charge on any atom is -0.235 e. The highest BCUT2D eigenvalue weighted by Gasteiger charge is 2.23. The average molecular weight is 248 g/mol. The summed E-state index contributed by atoms with van der Waals surface area (Å²) in [7, 11) is 0. The molecule has 0 aromatic carbocycles. The Morgan fingerprint density at radius 3 is 1.47 bits per heavy atom. The van der Waals surface area contributed by atoms with Gasteiger partial charge in [0.2, 0.25) is 6.67 Å². The van der Waals surface area contributed by atoms with E-state index in [1.807, 2.05) is 13.8 Å². The minimum atomic E-state index is -0.571. The molecule has 0 aliphatic carbocycles. The molecular formula is C9H20N4O4. The Bertz CT molecular complexity index is 225. The van der Waals surface area contributed by atoms with Gasteiger partial charge in [-0.15, -0.1) is 10.0 Å². The van der Waals surface area contributed by atoms with Crippen molar-refractivity contribution in [3.8, 4) is 0 Å². The van der Waals surface area contributed by atoms with Crippen LogP contribution in [-0.4, -0.2) is 39.8 Å². The molecule has 0 unspecified atom stereocenters. The van der Waals surface area contributed by atoms with Gasteiger partial charge in [-0.05, 0) is 12.8 Å². The van der Waals surface area contributed by atoms with Crippen LogP contribution in [0.2, 0.25) is 0 Å². The molecule has 0 aliphatic heterocycles. The predicted octanol–water partition coefficient (Wildman–Crippen LogP) is 1.53. The summed E-state index contributed by atoms with van der Waals surface area (Å²) in [5, 5.41) is 22.1. The molecule has 17 heavy (non-hydrogen) atoms. The van der Waals surface area contributed by atoms with Crippen molar-refractivity contribution in [2.45, 2.75) is 39.5 Å². The van der Waals surface area contributed by atoms with Crippen LogP contribution in [0, 0.1) is 20.2 Å². The zero-order valence-electron chi connectivity index (χ0n) is 10.4. The van der Waals surface area contributed by atoms with Crippen molar-refractivity contribution >= 4 is 0 Å². The van der Waals surface area contributed by atoms with Crippen LogP contribution in [-0.2, 0) is 0 Å². The van der Waals surface area contributed by atoms with E-state index >= 15 is 0 Å². The molecule has 0 fully saturated rings. The minimum absolute atomic E-state index is 0.236. The lowest BCUT2D eigenvalue weighted by molar-refractivity contribution is -0.711. The average Bonchev–Trinajstić information content (AvgIpc) is 2.27. The molecule has 8 heteroatoms. The van der Waals surface area contributed by atoms with E-state index in [0.29, 0.717) is 12.8 Å². The monoisotopic (exact) mass is 248 g/mol. The lowest BCUT2D eigenvalue weighted by Crippen LogP contribution is -2.44. The molecular weight excluding hydrogens is 228 g/mol. The fourth-order valence-electron chi connectivity index (χ4n) is 1.28. The fraction of sp³-hybridized carbons (Fsp3) is 1.00. The molecule has 0 saturated carbocycles. The number of hydrazine groups is 2. The summed E-state index contributed by atoms with van der Waals surface area (Å²) in [6, 6.07) is 0. The fourth-order valence-corrected chi connectivity index (χ4v) is 1.28. The van der Waals surface area contributed by atoms with Crippen LogP contribution in [0.25, 0.3) is 0 Å². The largest absolute Gasteiger partial charge is 0.235 e. The summed E-state index contributed by atoms with van der Waals surface area (Å²) in [5.74, 6) is 0. The van der Waals surface area contributed by atoms with E-state index in [1.165, 1.54) is 0 Å². The molecule has 0 aliphatic rings. The van der Waals surface area contributed by atoms with Crippen molar-refractivity contribution in [3.63, 3.8) is 0 Å². The summed E-state index contributed by atoms with van der Waals surface area (Å²) in [4.78, 5) is 21.4. The van der Waals surface area contributed by atoms with Gasteiger partial charge in [0.05, 0.1) is 13.1 Å². The van der Waals surface area contributed by atoms with Gasteiger partial charge in [-0.1, -0.05) is 26.7 Å². The van der Waals surface area contributed by atoms with Crippen LogP contribution < -0.4 is 0 Å². The second kappa shape index (κ2) is 8.54. The Labute approximate surface area is 100 Å². The maximum atomic E-state index is 10.7. The Kier molecular flexibility index (Phi) is 7.74. The standard InChI is InChI=1S/C9H20N4O4/c1-3-5-7-10(12(14)15)9-11(13(16)17)8-6-4-2/h3-9H2,1-2H3. The first kappa shape index (κ1) is 15.4. The van der Waals surface area contributed by atoms with Gasteiger partial charge >= 0.3 is 0 Å². The highest BCUT2D eigenvalue weighted by Crippen LogP contribution is 2.01. The van der Waals surface area contributed by atoms with E-state index in [4.69, 9.17) is 0 Å². The van der Waals surface area contributed by atoms with E-state index in [2.05, 4.69) is 0 Å². The van der Waals surface area contributed by atoms with Crippen LogP contribution in [0.5, 0.6) is 0 Å². The molecule has 0 rings (SSSR count). The molecule has 0 saturated heterocycles. The van der Waals surface area contributed by atoms with E-state index in [9.17, 15) is 20.2 Å². The summed E-state index contributed by atoms with van der Waals surface area (Å²) < 4.78 is 0. The number of hydrogen-bond acceptors (Lipinski definition) is 4. The van der Waals surface area contributed by atoms with Crippen LogP contribution in [0.15, 0.2) is 0 Å². The third-order valence-corrected chi connectivity index (χ3v) is 2.33. The van der Waals surface area contributed by atoms with Crippen molar-refractivity contribution in [1.29, 1.82) is 0 Å². The third-order valence-electron chi connectivity index (χ3n) is 2.33. The molecule has 0 N–H and O–H groups in total.